The predicted molar refractivity (Wildman–Crippen MR) is 46.6 cm³/mol. The highest BCUT2D eigenvalue weighted by atomic mass is 32.2. The van der Waals surface area contributed by atoms with E-state index in [1.807, 2.05) is 0 Å². The van der Waals surface area contributed by atoms with Crippen LogP contribution in [-0.4, -0.2) is 4.45 Å². The highest BCUT2D eigenvalue weighted by molar-refractivity contribution is 8.32. The SMILES string of the molecule is O=C(S)Sc1ccc(F)cc1. The summed E-state index contributed by atoms with van der Waals surface area (Å²) >= 11 is 4.53. The zero-order valence-electron chi connectivity index (χ0n) is 5.45. The first-order valence-electron chi connectivity index (χ1n) is 2.85. The summed E-state index contributed by atoms with van der Waals surface area (Å²) in [6, 6.07) is 5.68. The maximum absolute atomic E-state index is 12.3. The van der Waals surface area contributed by atoms with E-state index in [4.69, 9.17) is 0 Å². The smallest absolute Gasteiger partial charge is 0.247 e. The van der Waals surface area contributed by atoms with E-state index in [-0.39, 0.29) is 10.3 Å². The van der Waals surface area contributed by atoms with Crippen molar-refractivity contribution in [3.63, 3.8) is 0 Å². The van der Waals surface area contributed by atoms with Gasteiger partial charge < -0.3 is 0 Å². The fourth-order valence-corrected chi connectivity index (χ4v) is 1.39. The third-order valence-electron chi connectivity index (χ3n) is 1.02. The first kappa shape index (κ1) is 8.62. The number of carbonyl (C=O) groups excluding carboxylic acids is 1. The van der Waals surface area contributed by atoms with E-state index in [0.717, 1.165) is 11.8 Å². The van der Waals surface area contributed by atoms with Gasteiger partial charge in [-0.15, -0.1) is 0 Å². The molecule has 0 saturated heterocycles. The van der Waals surface area contributed by atoms with Gasteiger partial charge in [0, 0.05) is 4.90 Å². The Kier molecular flexibility index (Phi) is 2.96. The van der Waals surface area contributed by atoms with E-state index < -0.39 is 0 Å². The fourth-order valence-electron chi connectivity index (χ4n) is 0.603. The van der Waals surface area contributed by atoms with Crippen LogP contribution in [0.5, 0.6) is 0 Å². The van der Waals surface area contributed by atoms with Gasteiger partial charge in [0.15, 0.2) is 0 Å². The van der Waals surface area contributed by atoms with Gasteiger partial charge in [0.2, 0.25) is 4.45 Å². The van der Waals surface area contributed by atoms with E-state index in [9.17, 15) is 9.18 Å². The van der Waals surface area contributed by atoms with E-state index >= 15 is 0 Å². The number of halogens is 1. The monoisotopic (exact) mass is 188 g/mol. The molecular formula is C7H5FOS2. The van der Waals surface area contributed by atoms with Crippen molar-refractivity contribution in [1.29, 1.82) is 0 Å². The molecule has 0 aliphatic heterocycles. The normalized spacial score (nSPS) is 9.64. The molecule has 1 rings (SSSR count). The maximum Gasteiger partial charge on any atom is 0.247 e. The van der Waals surface area contributed by atoms with Gasteiger partial charge in [0.1, 0.15) is 5.82 Å². The highest BCUT2D eigenvalue weighted by Crippen LogP contribution is 2.20. The first-order chi connectivity index (χ1) is 5.18. The van der Waals surface area contributed by atoms with Crippen LogP contribution in [0.25, 0.3) is 0 Å². The molecule has 0 aliphatic carbocycles. The summed E-state index contributed by atoms with van der Waals surface area (Å²) in [6.45, 7) is 0. The fraction of sp³-hybridized carbons (Fsp3) is 0. The molecule has 1 aromatic carbocycles. The Morgan fingerprint density at radius 2 is 1.91 bits per heavy atom. The second-order valence-corrected chi connectivity index (χ2v) is 3.58. The molecule has 0 aliphatic rings. The Hall–Kier alpha value is -0.480. The van der Waals surface area contributed by atoms with Gasteiger partial charge in [-0.25, -0.2) is 4.39 Å². The molecule has 0 fully saturated rings. The molecule has 0 amide bonds. The van der Waals surface area contributed by atoms with Gasteiger partial charge in [-0.2, -0.15) is 0 Å². The molecule has 0 atom stereocenters. The van der Waals surface area contributed by atoms with E-state index in [0.29, 0.717) is 4.90 Å². The molecule has 11 heavy (non-hydrogen) atoms. The minimum Gasteiger partial charge on any atom is -0.274 e. The minimum atomic E-state index is -0.305. The lowest BCUT2D eigenvalue weighted by Crippen LogP contribution is -1.76. The number of benzene rings is 1. The van der Waals surface area contributed by atoms with Gasteiger partial charge in [0.25, 0.3) is 0 Å². The van der Waals surface area contributed by atoms with Crippen LogP contribution in [0, 0.1) is 5.82 Å². The standard InChI is InChI=1S/C7H5FOS2/c8-5-1-3-6(4-2-5)11-7(9)10/h1-4H,(H,9,10). The molecule has 0 spiro atoms. The Bertz CT molecular complexity index is 258. The zero-order valence-corrected chi connectivity index (χ0v) is 7.16. The van der Waals surface area contributed by atoms with Crippen molar-refractivity contribution < 1.29 is 9.18 Å². The summed E-state index contributed by atoms with van der Waals surface area (Å²) in [4.78, 5) is 11.1. The average molecular weight is 188 g/mol. The second-order valence-electron chi connectivity index (χ2n) is 1.82. The molecule has 0 radical (unpaired) electrons. The number of thioether (sulfide) groups is 1. The predicted octanol–water partition coefficient (Wildman–Crippen LogP) is 2.97. The van der Waals surface area contributed by atoms with Crippen molar-refractivity contribution in [3.05, 3.63) is 30.1 Å². The molecule has 0 aromatic heterocycles. The molecule has 0 saturated carbocycles. The Morgan fingerprint density at radius 1 is 1.36 bits per heavy atom. The summed E-state index contributed by atoms with van der Waals surface area (Å²) in [7, 11) is 0. The summed E-state index contributed by atoms with van der Waals surface area (Å²) in [5.41, 5.74) is 0. The van der Waals surface area contributed by atoms with Crippen molar-refractivity contribution in [2.75, 3.05) is 0 Å². The molecule has 0 bridgehead atoms. The molecule has 0 heterocycles. The number of thiol groups is 1. The molecule has 0 unspecified atom stereocenters. The lowest BCUT2D eigenvalue weighted by atomic mass is 10.4. The van der Waals surface area contributed by atoms with Crippen LogP contribution < -0.4 is 0 Å². The van der Waals surface area contributed by atoms with Crippen LogP contribution in [0.3, 0.4) is 0 Å². The summed E-state index contributed by atoms with van der Waals surface area (Å²) in [6.07, 6.45) is 0. The Labute approximate surface area is 73.4 Å². The quantitative estimate of drug-likeness (QED) is 0.539. The van der Waals surface area contributed by atoms with Gasteiger partial charge in [-0.1, -0.05) is 12.6 Å². The van der Waals surface area contributed by atoms with Crippen molar-refractivity contribution >= 4 is 28.8 Å². The van der Waals surface area contributed by atoms with E-state index in [1.165, 1.54) is 24.3 Å². The van der Waals surface area contributed by atoms with E-state index in [2.05, 4.69) is 12.6 Å². The maximum atomic E-state index is 12.3. The summed E-state index contributed by atoms with van der Waals surface area (Å²) in [5.74, 6) is -0.305. The van der Waals surface area contributed by atoms with Crippen LogP contribution in [0.1, 0.15) is 0 Å². The van der Waals surface area contributed by atoms with Crippen molar-refractivity contribution in [2.24, 2.45) is 0 Å². The van der Waals surface area contributed by atoms with Gasteiger partial charge in [-0.3, -0.25) is 4.79 Å². The summed E-state index contributed by atoms with van der Waals surface area (Å²) < 4.78 is 12.0. The molecule has 4 heteroatoms. The van der Waals surface area contributed by atoms with Crippen LogP contribution in [0.15, 0.2) is 29.2 Å². The van der Waals surface area contributed by atoms with Gasteiger partial charge in [-0.05, 0) is 36.0 Å². The number of rotatable bonds is 1. The van der Waals surface area contributed by atoms with Crippen LogP contribution in [-0.2, 0) is 0 Å². The van der Waals surface area contributed by atoms with Crippen molar-refractivity contribution in [1.82, 2.24) is 0 Å². The average Bonchev–Trinajstić information content (AvgIpc) is 1.93. The number of hydrogen-bond acceptors (Lipinski definition) is 2. The van der Waals surface area contributed by atoms with Crippen LogP contribution in [0.4, 0.5) is 9.18 Å². The third-order valence-corrected chi connectivity index (χ3v) is 1.98. The molecule has 1 nitrogen and oxygen atoms in total. The van der Waals surface area contributed by atoms with E-state index in [1.54, 1.807) is 0 Å². The van der Waals surface area contributed by atoms with Gasteiger partial charge >= 0.3 is 0 Å². The number of hydrogen-bond donors (Lipinski definition) is 1. The summed E-state index contributed by atoms with van der Waals surface area (Å²) in [5, 5.41) is 0. The Balaban J connectivity index is 2.74. The van der Waals surface area contributed by atoms with Crippen molar-refractivity contribution in [2.45, 2.75) is 4.90 Å². The molecular weight excluding hydrogens is 183 g/mol. The number of carbonyl (C=O) groups is 1. The minimum absolute atomic E-state index is 0.295. The topological polar surface area (TPSA) is 17.1 Å². The zero-order chi connectivity index (χ0) is 8.27. The van der Waals surface area contributed by atoms with Crippen LogP contribution >= 0.6 is 24.4 Å². The molecule has 0 N–H and O–H groups in total. The largest absolute Gasteiger partial charge is 0.274 e. The lowest BCUT2D eigenvalue weighted by Gasteiger charge is -1.94. The molecule has 58 valence electrons. The lowest BCUT2D eigenvalue weighted by molar-refractivity contribution is 0.277. The Morgan fingerprint density at radius 3 is 2.36 bits per heavy atom. The van der Waals surface area contributed by atoms with Gasteiger partial charge in [0.05, 0.1) is 0 Å². The second kappa shape index (κ2) is 3.78. The molecule has 1 aromatic rings. The van der Waals surface area contributed by atoms with Crippen molar-refractivity contribution in [3.8, 4) is 0 Å². The first-order valence-corrected chi connectivity index (χ1v) is 4.11. The highest BCUT2D eigenvalue weighted by Gasteiger charge is 1.97. The third kappa shape index (κ3) is 2.95. The van der Waals surface area contributed by atoms with Crippen LogP contribution in [0.2, 0.25) is 0 Å².